The highest BCUT2D eigenvalue weighted by Crippen LogP contribution is 2.48. The summed E-state index contributed by atoms with van der Waals surface area (Å²) in [6.45, 7) is 9.69. The van der Waals surface area contributed by atoms with Crippen molar-refractivity contribution in [3.63, 3.8) is 0 Å². The molecule has 2 aliphatic rings. The van der Waals surface area contributed by atoms with Gasteiger partial charge in [-0.1, -0.05) is 31.2 Å². The summed E-state index contributed by atoms with van der Waals surface area (Å²) in [4.78, 5) is 3.64. The fourth-order valence-electron chi connectivity index (χ4n) is 5.68. The lowest BCUT2D eigenvalue weighted by Gasteiger charge is -2.31. The Labute approximate surface area is 234 Å². The SMILES string of the molecule is CC1=C(c2cccc(O)c2)C(c2ccc(OC[C@H](C)N3CC[C@@H](C)C3)cc2)Oc2ccc(-c3ccns3)cc21. The van der Waals surface area contributed by atoms with Crippen LogP contribution in [0.25, 0.3) is 21.6 Å². The molecule has 4 aromatic rings. The molecular formula is C33H34N2O3S. The summed E-state index contributed by atoms with van der Waals surface area (Å²) >= 11 is 1.48. The molecule has 3 atom stereocenters. The number of likely N-dealkylation sites (tertiary alicyclic amines) is 1. The van der Waals surface area contributed by atoms with Crippen molar-refractivity contribution in [1.29, 1.82) is 0 Å². The number of hydrogen-bond donors (Lipinski definition) is 1. The van der Waals surface area contributed by atoms with Gasteiger partial charge in [0, 0.05) is 29.9 Å². The van der Waals surface area contributed by atoms with Crippen LogP contribution < -0.4 is 9.47 Å². The Hall–Kier alpha value is -3.61. The minimum absolute atomic E-state index is 0.237. The summed E-state index contributed by atoms with van der Waals surface area (Å²) in [6.07, 6.45) is 2.78. The maximum absolute atomic E-state index is 10.3. The number of phenols is 1. The second-order valence-corrected chi connectivity index (χ2v) is 11.6. The Bertz CT molecular complexity index is 1480. The smallest absolute Gasteiger partial charge is 0.150 e. The number of aromatic nitrogens is 1. The van der Waals surface area contributed by atoms with Gasteiger partial charge >= 0.3 is 0 Å². The molecule has 1 fully saturated rings. The Kier molecular flexibility index (Phi) is 7.15. The van der Waals surface area contributed by atoms with E-state index >= 15 is 0 Å². The highest BCUT2D eigenvalue weighted by molar-refractivity contribution is 7.09. The molecule has 1 aromatic heterocycles. The Morgan fingerprint density at radius 1 is 1.08 bits per heavy atom. The van der Waals surface area contributed by atoms with E-state index in [0.29, 0.717) is 12.6 Å². The molecule has 0 amide bonds. The predicted octanol–water partition coefficient (Wildman–Crippen LogP) is 7.69. The fourth-order valence-corrected chi connectivity index (χ4v) is 6.27. The van der Waals surface area contributed by atoms with Crippen molar-refractivity contribution < 1.29 is 14.6 Å². The molecule has 0 radical (unpaired) electrons. The van der Waals surface area contributed by atoms with Crippen LogP contribution in [0.3, 0.4) is 0 Å². The van der Waals surface area contributed by atoms with E-state index in [1.54, 1.807) is 6.07 Å². The first-order valence-electron chi connectivity index (χ1n) is 13.7. The van der Waals surface area contributed by atoms with Crippen LogP contribution in [0.15, 0.2) is 79.0 Å². The molecule has 0 bridgehead atoms. The van der Waals surface area contributed by atoms with E-state index in [4.69, 9.17) is 9.47 Å². The Morgan fingerprint density at radius 3 is 2.64 bits per heavy atom. The molecule has 39 heavy (non-hydrogen) atoms. The molecule has 2 aliphatic heterocycles. The normalized spacial score (nSPS) is 20.0. The van der Waals surface area contributed by atoms with Gasteiger partial charge in [-0.3, -0.25) is 4.90 Å². The second-order valence-electron chi connectivity index (χ2n) is 10.8. The van der Waals surface area contributed by atoms with Crippen molar-refractivity contribution >= 4 is 22.7 Å². The van der Waals surface area contributed by atoms with Crippen LogP contribution in [0.5, 0.6) is 17.2 Å². The molecule has 5 nitrogen and oxygen atoms in total. The molecule has 3 aromatic carbocycles. The van der Waals surface area contributed by atoms with E-state index in [-0.39, 0.29) is 11.9 Å². The van der Waals surface area contributed by atoms with Gasteiger partial charge in [0.1, 0.15) is 30.0 Å². The number of phenolic OH excluding ortho intramolecular Hbond substituents is 1. The van der Waals surface area contributed by atoms with Gasteiger partial charge in [0.05, 0.1) is 4.88 Å². The first-order chi connectivity index (χ1) is 19.0. The number of rotatable bonds is 7. The molecule has 0 saturated carbocycles. The number of fused-ring (bicyclic) bond motifs is 1. The van der Waals surface area contributed by atoms with Gasteiger partial charge < -0.3 is 14.6 Å². The summed E-state index contributed by atoms with van der Waals surface area (Å²) in [5.74, 6) is 2.72. The van der Waals surface area contributed by atoms with Crippen LogP contribution in [0.4, 0.5) is 0 Å². The van der Waals surface area contributed by atoms with Gasteiger partial charge in [-0.25, -0.2) is 4.37 Å². The number of ether oxygens (including phenoxy) is 2. The maximum atomic E-state index is 10.3. The van der Waals surface area contributed by atoms with Gasteiger partial charge in [0.2, 0.25) is 0 Å². The zero-order valence-electron chi connectivity index (χ0n) is 22.6. The molecule has 0 spiro atoms. The fraction of sp³-hybridized carbons (Fsp3) is 0.303. The molecule has 1 unspecified atom stereocenters. The molecular weight excluding hydrogens is 504 g/mol. The zero-order valence-corrected chi connectivity index (χ0v) is 23.4. The van der Waals surface area contributed by atoms with Crippen LogP contribution in [-0.4, -0.2) is 40.1 Å². The minimum atomic E-state index is -0.312. The second kappa shape index (κ2) is 10.9. The third kappa shape index (κ3) is 5.32. The van der Waals surface area contributed by atoms with Gasteiger partial charge in [-0.15, -0.1) is 0 Å². The standard InChI is InChI=1S/C33H34N2O3S/c1-21-14-16-35(19-21)22(2)20-37-28-10-7-24(8-11-28)33-32(26-5-4-6-27(36)17-26)23(3)29-18-25(9-12-30(29)38-33)31-13-15-34-39-31/h4-13,15,17-18,21-22,33,36H,14,16,19-20H2,1-3H3/t21-,22+,33?/m1/s1. The summed E-state index contributed by atoms with van der Waals surface area (Å²) in [5.41, 5.74) is 6.34. The highest BCUT2D eigenvalue weighted by atomic mass is 32.1. The van der Waals surface area contributed by atoms with Crippen molar-refractivity contribution in [2.45, 2.75) is 39.3 Å². The lowest BCUT2D eigenvalue weighted by molar-refractivity contribution is 0.169. The van der Waals surface area contributed by atoms with Crippen LogP contribution in [0.2, 0.25) is 0 Å². The van der Waals surface area contributed by atoms with E-state index in [9.17, 15) is 5.11 Å². The largest absolute Gasteiger partial charge is 0.508 e. The van der Waals surface area contributed by atoms with E-state index in [0.717, 1.165) is 68.8 Å². The molecule has 1 saturated heterocycles. The topological polar surface area (TPSA) is 54.8 Å². The number of nitrogens with zero attached hydrogens (tertiary/aromatic N) is 2. The molecule has 0 aliphatic carbocycles. The van der Waals surface area contributed by atoms with Crippen molar-refractivity contribution in [3.8, 4) is 27.7 Å². The van der Waals surface area contributed by atoms with Gasteiger partial charge in [-0.05, 0) is 115 Å². The number of allylic oxidation sites excluding steroid dienone is 1. The van der Waals surface area contributed by atoms with Crippen molar-refractivity contribution in [1.82, 2.24) is 9.27 Å². The summed E-state index contributed by atoms with van der Waals surface area (Å²) in [5, 5.41) is 10.3. The maximum Gasteiger partial charge on any atom is 0.150 e. The summed E-state index contributed by atoms with van der Waals surface area (Å²) in [6, 6.07) is 24.4. The molecule has 200 valence electrons. The van der Waals surface area contributed by atoms with Crippen molar-refractivity contribution in [2.24, 2.45) is 5.92 Å². The van der Waals surface area contributed by atoms with Crippen LogP contribution >= 0.6 is 11.5 Å². The molecule has 6 rings (SSSR count). The first-order valence-corrected chi connectivity index (χ1v) is 14.4. The van der Waals surface area contributed by atoms with Crippen LogP contribution in [0.1, 0.15) is 50.0 Å². The Morgan fingerprint density at radius 2 is 1.92 bits per heavy atom. The third-order valence-electron chi connectivity index (χ3n) is 7.93. The highest BCUT2D eigenvalue weighted by Gasteiger charge is 2.30. The monoisotopic (exact) mass is 538 g/mol. The van der Waals surface area contributed by atoms with Gasteiger partial charge in [0.25, 0.3) is 0 Å². The van der Waals surface area contributed by atoms with E-state index < -0.39 is 0 Å². The predicted molar refractivity (Wildman–Crippen MR) is 158 cm³/mol. The average molecular weight is 539 g/mol. The van der Waals surface area contributed by atoms with E-state index in [1.165, 1.54) is 18.0 Å². The third-order valence-corrected chi connectivity index (χ3v) is 8.72. The number of hydrogen-bond acceptors (Lipinski definition) is 6. The molecule has 6 heteroatoms. The zero-order chi connectivity index (χ0) is 26.9. The number of aromatic hydroxyl groups is 1. The lowest BCUT2D eigenvalue weighted by Crippen LogP contribution is -2.35. The average Bonchev–Trinajstić information content (AvgIpc) is 3.64. The van der Waals surface area contributed by atoms with E-state index in [2.05, 4.69) is 60.4 Å². The summed E-state index contributed by atoms with van der Waals surface area (Å²) in [7, 11) is 0. The first kappa shape index (κ1) is 25.7. The van der Waals surface area contributed by atoms with E-state index in [1.807, 2.05) is 42.6 Å². The van der Waals surface area contributed by atoms with Gasteiger partial charge in [-0.2, -0.15) is 0 Å². The summed E-state index contributed by atoms with van der Waals surface area (Å²) < 4.78 is 17.1. The minimum Gasteiger partial charge on any atom is -0.508 e. The lowest BCUT2D eigenvalue weighted by atomic mass is 9.85. The van der Waals surface area contributed by atoms with Crippen LogP contribution in [0, 0.1) is 5.92 Å². The molecule has 3 heterocycles. The van der Waals surface area contributed by atoms with Crippen molar-refractivity contribution in [2.75, 3.05) is 19.7 Å². The van der Waals surface area contributed by atoms with Crippen molar-refractivity contribution in [3.05, 3.63) is 95.7 Å². The Balaban J connectivity index is 1.29. The quantitative estimate of drug-likeness (QED) is 0.261. The van der Waals surface area contributed by atoms with Crippen LogP contribution in [-0.2, 0) is 0 Å². The molecule has 1 N–H and O–H groups in total. The number of benzene rings is 3. The van der Waals surface area contributed by atoms with Gasteiger partial charge in [0.15, 0.2) is 0 Å².